The molecule has 0 saturated heterocycles. The predicted molar refractivity (Wildman–Crippen MR) is 114 cm³/mol. The number of carbonyl (C=O) groups excluding carboxylic acids is 4. The molecule has 0 unspecified atom stereocenters. The third-order valence-corrected chi connectivity index (χ3v) is 5.47. The van der Waals surface area contributed by atoms with Gasteiger partial charge in [0.25, 0.3) is 5.91 Å². The van der Waals surface area contributed by atoms with Crippen molar-refractivity contribution in [2.24, 2.45) is 0 Å². The second kappa shape index (κ2) is 7.77. The Morgan fingerprint density at radius 2 is 1.59 bits per heavy atom. The Labute approximate surface area is 183 Å². The summed E-state index contributed by atoms with van der Waals surface area (Å²) >= 11 is 0. The standard InChI is InChI=1S/C25H17NO6/c27-22(13-32-25(30)15-5-8-21-14(11-15)9-10-31-21)26-16-6-7-19-20(12-16)24(29)18-4-2-1-3-17(18)23(19)28/h1-8,11-12H,9-10,13H2,(H,26,27). The van der Waals surface area contributed by atoms with Crippen LogP contribution in [-0.2, 0) is 16.0 Å². The van der Waals surface area contributed by atoms with Gasteiger partial charge in [0.05, 0.1) is 12.2 Å². The minimum atomic E-state index is -0.613. The molecule has 7 nitrogen and oxygen atoms in total. The SMILES string of the molecule is O=C(COC(=O)c1ccc2c(c1)CCO2)Nc1ccc2c(c1)C(=O)c1ccccc1C2=O. The molecule has 1 aliphatic heterocycles. The zero-order valence-electron chi connectivity index (χ0n) is 16.8. The van der Waals surface area contributed by atoms with Gasteiger partial charge in [-0.25, -0.2) is 4.79 Å². The quantitative estimate of drug-likeness (QED) is 0.502. The highest BCUT2D eigenvalue weighted by molar-refractivity contribution is 6.28. The fourth-order valence-electron chi connectivity index (χ4n) is 3.90. The highest BCUT2D eigenvalue weighted by Crippen LogP contribution is 2.29. The molecule has 7 heteroatoms. The first-order valence-corrected chi connectivity index (χ1v) is 10.1. The molecule has 1 N–H and O–H groups in total. The van der Waals surface area contributed by atoms with Gasteiger partial charge in [0.1, 0.15) is 5.75 Å². The van der Waals surface area contributed by atoms with Crippen LogP contribution in [0.4, 0.5) is 5.69 Å². The molecular weight excluding hydrogens is 410 g/mol. The molecule has 0 bridgehead atoms. The number of anilines is 1. The molecule has 0 radical (unpaired) electrons. The van der Waals surface area contributed by atoms with Gasteiger partial charge in [-0.2, -0.15) is 0 Å². The van der Waals surface area contributed by atoms with Crippen LogP contribution in [0.2, 0.25) is 0 Å². The second-order valence-corrected chi connectivity index (χ2v) is 7.51. The zero-order valence-corrected chi connectivity index (χ0v) is 16.8. The minimum Gasteiger partial charge on any atom is -0.493 e. The minimum absolute atomic E-state index is 0.226. The van der Waals surface area contributed by atoms with Crippen LogP contribution in [0.1, 0.15) is 47.8 Å². The molecule has 0 fully saturated rings. The van der Waals surface area contributed by atoms with E-state index in [0.29, 0.717) is 34.5 Å². The highest BCUT2D eigenvalue weighted by Gasteiger charge is 2.29. The molecule has 158 valence electrons. The second-order valence-electron chi connectivity index (χ2n) is 7.51. The number of fused-ring (bicyclic) bond motifs is 3. The molecule has 0 aromatic heterocycles. The summed E-state index contributed by atoms with van der Waals surface area (Å²) in [4.78, 5) is 50.0. The Balaban J connectivity index is 1.26. The van der Waals surface area contributed by atoms with Crippen molar-refractivity contribution in [2.75, 3.05) is 18.5 Å². The van der Waals surface area contributed by atoms with Gasteiger partial charge >= 0.3 is 5.97 Å². The molecule has 1 heterocycles. The van der Waals surface area contributed by atoms with Crippen molar-refractivity contribution in [3.8, 4) is 5.75 Å². The lowest BCUT2D eigenvalue weighted by Gasteiger charge is -2.18. The van der Waals surface area contributed by atoms with Crippen LogP contribution < -0.4 is 10.1 Å². The van der Waals surface area contributed by atoms with Crippen molar-refractivity contribution in [3.05, 3.63) is 94.0 Å². The van der Waals surface area contributed by atoms with E-state index in [-0.39, 0.29) is 17.1 Å². The fraction of sp³-hybridized carbons (Fsp3) is 0.120. The molecule has 1 amide bonds. The summed E-state index contributed by atoms with van der Waals surface area (Å²) < 4.78 is 10.5. The molecule has 3 aromatic carbocycles. The van der Waals surface area contributed by atoms with Crippen molar-refractivity contribution in [2.45, 2.75) is 6.42 Å². The summed E-state index contributed by atoms with van der Waals surface area (Å²) in [6, 6.07) is 16.2. The molecular formula is C25H17NO6. The topological polar surface area (TPSA) is 98.8 Å². The van der Waals surface area contributed by atoms with Crippen LogP contribution in [0.25, 0.3) is 0 Å². The van der Waals surface area contributed by atoms with Gasteiger partial charge in [0, 0.05) is 34.4 Å². The Bertz CT molecular complexity index is 1310. The number of ether oxygens (including phenoxy) is 2. The molecule has 32 heavy (non-hydrogen) atoms. The number of rotatable bonds is 4. The molecule has 3 aromatic rings. The van der Waals surface area contributed by atoms with Gasteiger partial charge in [-0.3, -0.25) is 14.4 Å². The highest BCUT2D eigenvalue weighted by atomic mass is 16.5. The van der Waals surface area contributed by atoms with Crippen molar-refractivity contribution < 1.29 is 28.7 Å². The van der Waals surface area contributed by atoms with E-state index >= 15 is 0 Å². The van der Waals surface area contributed by atoms with E-state index in [1.165, 1.54) is 18.2 Å². The summed E-state index contributed by atoms with van der Waals surface area (Å²) in [5, 5.41) is 2.60. The molecule has 2 aliphatic rings. The van der Waals surface area contributed by atoms with Crippen molar-refractivity contribution in [3.63, 3.8) is 0 Å². The maximum atomic E-state index is 12.8. The Morgan fingerprint density at radius 3 is 2.38 bits per heavy atom. The maximum absolute atomic E-state index is 12.8. The van der Waals surface area contributed by atoms with Gasteiger partial charge in [0.15, 0.2) is 18.2 Å². The number of ketones is 2. The van der Waals surface area contributed by atoms with Crippen LogP contribution in [0, 0.1) is 0 Å². The molecule has 1 aliphatic carbocycles. The molecule has 5 rings (SSSR count). The number of hydrogen-bond acceptors (Lipinski definition) is 6. The lowest BCUT2D eigenvalue weighted by molar-refractivity contribution is -0.119. The summed E-state index contributed by atoms with van der Waals surface area (Å²) in [5.41, 5.74) is 2.83. The molecule has 0 saturated carbocycles. The van der Waals surface area contributed by atoms with Crippen LogP contribution in [0.3, 0.4) is 0 Å². The van der Waals surface area contributed by atoms with Crippen molar-refractivity contribution in [1.29, 1.82) is 0 Å². The van der Waals surface area contributed by atoms with Crippen molar-refractivity contribution >= 4 is 29.1 Å². The number of carbonyl (C=O) groups is 4. The summed E-state index contributed by atoms with van der Waals surface area (Å²) in [6.45, 7) is 0.0932. The average molecular weight is 427 g/mol. The average Bonchev–Trinajstić information content (AvgIpc) is 3.29. The van der Waals surface area contributed by atoms with Crippen LogP contribution in [-0.4, -0.2) is 36.7 Å². The van der Waals surface area contributed by atoms with Crippen LogP contribution in [0.5, 0.6) is 5.75 Å². The maximum Gasteiger partial charge on any atom is 0.338 e. The predicted octanol–water partition coefficient (Wildman–Crippen LogP) is 3.19. The first kappa shape index (κ1) is 19.7. The van der Waals surface area contributed by atoms with Gasteiger partial charge in [-0.1, -0.05) is 24.3 Å². The molecule has 0 atom stereocenters. The summed E-state index contributed by atoms with van der Waals surface area (Å²) in [7, 11) is 0. The van der Waals surface area contributed by atoms with Crippen LogP contribution >= 0.6 is 0 Å². The number of nitrogens with one attached hydrogen (secondary N) is 1. The van der Waals surface area contributed by atoms with Crippen LogP contribution in [0.15, 0.2) is 60.7 Å². The van der Waals surface area contributed by atoms with E-state index in [0.717, 1.165) is 17.7 Å². The Hall–Kier alpha value is -4.26. The Morgan fingerprint density at radius 1 is 0.875 bits per heavy atom. The van der Waals surface area contributed by atoms with E-state index in [4.69, 9.17) is 9.47 Å². The Kier molecular flexibility index (Phi) is 4.78. The van der Waals surface area contributed by atoms with E-state index in [9.17, 15) is 19.2 Å². The third kappa shape index (κ3) is 3.43. The van der Waals surface area contributed by atoms with Gasteiger partial charge < -0.3 is 14.8 Å². The largest absolute Gasteiger partial charge is 0.493 e. The number of benzene rings is 3. The zero-order chi connectivity index (χ0) is 22.2. The first-order valence-electron chi connectivity index (χ1n) is 10.1. The van der Waals surface area contributed by atoms with Gasteiger partial charge in [-0.05, 0) is 42.0 Å². The smallest absolute Gasteiger partial charge is 0.338 e. The van der Waals surface area contributed by atoms with E-state index in [1.807, 2.05) is 0 Å². The molecule has 0 spiro atoms. The fourth-order valence-corrected chi connectivity index (χ4v) is 3.90. The van der Waals surface area contributed by atoms with Gasteiger partial charge in [0.2, 0.25) is 0 Å². The lowest BCUT2D eigenvalue weighted by atomic mass is 9.84. The van der Waals surface area contributed by atoms with Gasteiger partial charge in [-0.15, -0.1) is 0 Å². The first-order chi connectivity index (χ1) is 15.5. The van der Waals surface area contributed by atoms with E-state index in [1.54, 1.807) is 42.5 Å². The number of hydrogen-bond donors (Lipinski definition) is 1. The third-order valence-electron chi connectivity index (χ3n) is 5.47. The number of amides is 1. The lowest BCUT2D eigenvalue weighted by Crippen LogP contribution is -2.23. The van der Waals surface area contributed by atoms with E-state index < -0.39 is 18.5 Å². The monoisotopic (exact) mass is 427 g/mol. The summed E-state index contributed by atoms with van der Waals surface area (Å²) in [6.07, 6.45) is 0.723. The summed E-state index contributed by atoms with van der Waals surface area (Å²) in [5.74, 6) is -0.933. The van der Waals surface area contributed by atoms with Crippen molar-refractivity contribution in [1.82, 2.24) is 0 Å². The number of esters is 1. The normalized spacial score (nSPS) is 13.5. The van der Waals surface area contributed by atoms with E-state index in [2.05, 4.69) is 5.32 Å².